The number of rotatable bonds is 3. The Balaban J connectivity index is 1.73. The van der Waals surface area contributed by atoms with Crippen LogP contribution in [0.5, 0.6) is 0 Å². The van der Waals surface area contributed by atoms with E-state index in [2.05, 4.69) is 54.3 Å². The summed E-state index contributed by atoms with van der Waals surface area (Å²) in [4.78, 5) is 2.17. The summed E-state index contributed by atoms with van der Waals surface area (Å²) in [5.41, 5.74) is 2.51. The number of anilines is 2. The number of nitrogens with zero attached hydrogens (tertiary/aromatic N) is 2. The van der Waals surface area contributed by atoms with Crippen LogP contribution in [0.4, 0.5) is 11.5 Å². The summed E-state index contributed by atoms with van der Waals surface area (Å²) < 4.78 is 1.99. The second-order valence-corrected chi connectivity index (χ2v) is 6.50. The third-order valence-electron chi connectivity index (χ3n) is 4.65. The Labute approximate surface area is 142 Å². The van der Waals surface area contributed by atoms with Crippen LogP contribution in [0.1, 0.15) is 11.1 Å². The lowest BCUT2D eigenvalue weighted by Gasteiger charge is -2.19. The number of para-hydroxylation sites is 1. The summed E-state index contributed by atoms with van der Waals surface area (Å²) in [7, 11) is 0. The first-order valence-corrected chi connectivity index (χ1v) is 8.27. The molecular weight excluding hydrogens is 296 g/mol. The van der Waals surface area contributed by atoms with Crippen molar-refractivity contribution in [3.63, 3.8) is 0 Å². The summed E-state index contributed by atoms with van der Waals surface area (Å²) in [6.07, 6.45) is 2.55. The van der Waals surface area contributed by atoms with Crippen molar-refractivity contribution in [1.29, 1.82) is 0 Å². The monoisotopic (exact) mass is 317 g/mol. The van der Waals surface area contributed by atoms with Crippen LogP contribution in [0, 0.1) is 6.92 Å². The van der Waals surface area contributed by atoms with Crippen LogP contribution in [0.3, 0.4) is 0 Å². The topological polar surface area (TPSA) is 27.3 Å². The van der Waals surface area contributed by atoms with Crippen molar-refractivity contribution in [1.82, 2.24) is 0 Å². The molecule has 1 atom stereocenters. The largest absolute Gasteiger partial charge is 0.349 e. The van der Waals surface area contributed by atoms with Gasteiger partial charge in [-0.2, -0.15) is 0 Å². The maximum absolute atomic E-state index is 11.4. The average Bonchev–Trinajstić information content (AvgIpc) is 2.91. The molecule has 1 aromatic heterocycles. The molecule has 0 spiro atoms. The summed E-state index contributed by atoms with van der Waals surface area (Å²) in [5, 5.41) is 11.4. The van der Waals surface area contributed by atoms with Gasteiger partial charge in [-0.1, -0.05) is 54.1 Å². The molecule has 0 saturated carbocycles. The fourth-order valence-electron chi connectivity index (χ4n) is 3.42. The van der Waals surface area contributed by atoms with E-state index in [1.165, 1.54) is 5.56 Å². The normalized spacial score (nSPS) is 19.3. The van der Waals surface area contributed by atoms with Crippen molar-refractivity contribution in [2.75, 3.05) is 11.4 Å². The van der Waals surface area contributed by atoms with Crippen molar-refractivity contribution in [3.8, 4) is 0 Å². The van der Waals surface area contributed by atoms with Gasteiger partial charge in [-0.3, -0.25) is 0 Å². The Morgan fingerprint density at radius 3 is 2.42 bits per heavy atom. The maximum Gasteiger partial charge on any atom is 0.284 e. The lowest BCUT2D eigenvalue weighted by atomic mass is 10.0. The minimum Gasteiger partial charge on any atom is -0.349 e. The van der Waals surface area contributed by atoms with E-state index >= 15 is 0 Å². The molecular formula is C21H21N2O+. The van der Waals surface area contributed by atoms with Gasteiger partial charge in [-0.25, -0.2) is 9.47 Å². The quantitative estimate of drug-likeness (QED) is 0.750. The van der Waals surface area contributed by atoms with Crippen LogP contribution in [-0.4, -0.2) is 11.7 Å². The Hall–Kier alpha value is -2.65. The zero-order valence-corrected chi connectivity index (χ0v) is 13.8. The molecule has 0 amide bonds. The van der Waals surface area contributed by atoms with Gasteiger partial charge in [-0.05, 0) is 30.7 Å². The molecule has 0 bridgehead atoms. The van der Waals surface area contributed by atoms with Crippen LogP contribution in [-0.2, 0) is 12.1 Å². The number of hydrogen-bond donors (Lipinski definition) is 1. The second-order valence-electron chi connectivity index (χ2n) is 6.50. The molecule has 0 saturated heterocycles. The van der Waals surface area contributed by atoms with Gasteiger partial charge in [0, 0.05) is 12.5 Å². The first kappa shape index (κ1) is 14.9. The van der Waals surface area contributed by atoms with Gasteiger partial charge in [0.1, 0.15) is 5.69 Å². The number of benzene rings is 2. The average molecular weight is 317 g/mol. The number of aromatic nitrogens is 1. The highest BCUT2D eigenvalue weighted by Gasteiger charge is 2.48. The van der Waals surface area contributed by atoms with Crippen LogP contribution in [0.25, 0.3) is 0 Å². The molecule has 1 aliphatic rings. The minimum atomic E-state index is -0.957. The Bertz CT molecular complexity index is 845. The molecule has 2 aromatic carbocycles. The third-order valence-corrected chi connectivity index (χ3v) is 4.65. The summed E-state index contributed by atoms with van der Waals surface area (Å²) >= 11 is 0. The molecule has 4 rings (SSSR count). The number of fused-ring (bicyclic) bond motifs is 1. The number of hydrogen-bond acceptors (Lipinski definition) is 2. The van der Waals surface area contributed by atoms with Crippen molar-refractivity contribution in [3.05, 3.63) is 90.1 Å². The van der Waals surface area contributed by atoms with Crippen LogP contribution in [0.15, 0.2) is 79.0 Å². The third kappa shape index (κ3) is 2.57. The SMILES string of the molecule is Cc1ccc(C[C@@]2(O)CN(c3ccccc3)c3cccc[n+]32)cc1. The van der Waals surface area contributed by atoms with E-state index in [0.717, 1.165) is 17.1 Å². The Morgan fingerprint density at radius 2 is 1.67 bits per heavy atom. The summed E-state index contributed by atoms with van der Waals surface area (Å²) in [5.74, 6) is 1.01. The van der Waals surface area contributed by atoms with Crippen molar-refractivity contribution in [2.45, 2.75) is 19.1 Å². The van der Waals surface area contributed by atoms with E-state index in [9.17, 15) is 5.11 Å². The van der Waals surface area contributed by atoms with Crippen LogP contribution in [0.2, 0.25) is 0 Å². The second kappa shape index (κ2) is 5.77. The fraction of sp³-hybridized carbons (Fsp3) is 0.190. The molecule has 3 aromatic rings. The zero-order chi connectivity index (χ0) is 16.6. The molecule has 3 nitrogen and oxygen atoms in total. The van der Waals surface area contributed by atoms with Crippen LogP contribution >= 0.6 is 0 Å². The predicted octanol–water partition coefficient (Wildman–Crippen LogP) is 3.32. The molecule has 0 unspecified atom stereocenters. The lowest BCUT2D eigenvalue weighted by molar-refractivity contribution is -0.782. The molecule has 24 heavy (non-hydrogen) atoms. The number of aryl methyl sites for hydroxylation is 1. The molecule has 0 fully saturated rings. The Morgan fingerprint density at radius 1 is 0.958 bits per heavy atom. The van der Waals surface area contributed by atoms with Gasteiger partial charge in [0.2, 0.25) is 0 Å². The van der Waals surface area contributed by atoms with Gasteiger partial charge in [-0.15, -0.1) is 0 Å². The Kier molecular flexibility index (Phi) is 3.58. The molecule has 0 aliphatic carbocycles. The first-order valence-electron chi connectivity index (χ1n) is 8.27. The number of pyridine rings is 1. The molecule has 3 heteroatoms. The number of aliphatic hydroxyl groups is 1. The summed E-state index contributed by atoms with van der Waals surface area (Å²) in [6, 6.07) is 24.7. The van der Waals surface area contributed by atoms with Gasteiger partial charge in [0.15, 0.2) is 6.54 Å². The van der Waals surface area contributed by atoms with Crippen molar-refractivity contribution < 1.29 is 9.67 Å². The minimum absolute atomic E-state index is 0.537. The van der Waals surface area contributed by atoms with Gasteiger partial charge >= 0.3 is 0 Å². The molecule has 2 heterocycles. The first-order chi connectivity index (χ1) is 11.7. The smallest absolute Gasteiger partial charge is 0.284 e. The van der Waals surface area contributed by atoms with E-state index in [1.807, 2.05) is 41.1 Å². The van der Waals surface area contributed by atoms with Crippen molar-refractivity contribution >= 4 is 11.5 Å². The zero-order valence-electron chi connectivity index (χ0n) is 13.8. The number of β-amino-alcohol motifs (C(OH)–C–C–N with tert-alkyl or cyclic N) is 1. The molecule has 0 radical (unpaired) electrons. The van der Waals surface area contributed by atoms with Gasteiger partial charge in [0.05, 0.1) is 6.20 Å². The van der Waals surface area contributed by atoms with E-state index < -0.39 is 5.72 Å². The molecule has 120 valence electrons. The van der Waals surface area contributed by atoms with E-state index in [0.29, 0.717) is 13.0 Å². The van der Waals surface area contributed by atoms with E-state index in [4.69, 9.17) is 0 Å². The van der Waals surface area contributed by atoms with Crippen molar-refractivity contribution in [2.24, 2.45) is 0 Å². The molecule has 1 N–H and O–H groups in total. The van der Waals surface area contributed by atoms with E-state index in [1.54, 1.807) is 0 Å². The van der Waals surface area contributed by atoms with E-state index in [-0.39, 0.29) is 0 Å². The predicted molar refractivity (Wildman–Crippen MR) is 95.2 cm³/mol. The highest BCUT2D eigenvalue weighted by Crippen LogP contribution is 2.32. The maximum atomic E-state index is 11.4. The highest BCUT2D eigenvalue weighted by molar-refractivity contribution is 5.59. The molecule has 1 aliphatic heterocycles. The fourth-order valence-corrected chi connectivity index (χ4v) is 3.42. The highest BCUT2D eigenvalue weighted by atomic mass is 16.3. The van der Waals surface area contributed by atoms with Gasteiger partial charge < -0.3 is 5.11 Å². The van der Waals surface area contributed by atoms with Gasteiger partial charge in [0.25, 0.3) is 11.5 Å². The summed E-state index contributed by atoms with van der Waals surface area (Å²) in [6.45, 7) is 2.62. The lowest BCUT2D eigenvalue weighted by Crippen LogP contribution is -2.56. The van der Waals surface area contributed by atoms with Crippen LogP contribution < -0.4 is 9.47 Å². The standard InChI is InChI=1S/C21H21N2O/c1-17-10-12-18(13-11-17)15-21(24)16-22(19-7-3-2-4-8-19)20-9-5-6-14-23(20)21/h2-14,24H,15-16H2,1H3/q+1/t21-/m1/s1.